The van der Waals surface area contributed by atoms with E-state index in [4.69, 9.17) is 4.74 Å². The summed E-state index contributed by atoms with van der Waals surface area (Å²) in [7, 11) is -3.13. The largest absolute Gasteiger partial charge is 0.489 e. The maximum atomic E-state index is 12.8. The van der Waals surface area contributed by atoms with Crippen LogP contribution in [0.15, 0.2) is 18.2 Å². The molecule has 3 heterocycles. The van der Waals surface area contributed by atoms with Gasteiger partial charge in [-0.1, -0.05) is 12.1 Å². The highest BCUT2D eigenvalue weighted by Gasteiger charge is 2.24. The van der Waals surface area contributed by atoms with Crippen molar-refractivity contribution in [2.24, 2.45) is 5.92 Å². The van der Waals surface area contributed by atoms with E-state index in [-0.39, 0.29) is 5.91 Å². The molecule has 1 aromatic carbocycles. The maximum absolute atomic E-state index is 12.8. The normalized spacial score (nSPS) is 18.0. The second kappa shape index (κ2) is 8.29. The Morgan fingerprint density at radius 3 is 2.83 bits per heavy atom. The zero-order valence-corrected chi connectivity index (χ0v) is 17.4. The first-order valence-corrected chi connectivity index (χ1v) is 11.9. The number of para-hydroxylation sites is 1. The molecule has 2 aliphatic heterocycles. The summed E-state index contributed by atoms with van der Waals surface area (Å²) in [5.74, 6) is 1.05. The van der Waals surface area contributed by atoms with Crippen LogP contribution in [0, 0.1) is 5.92 Å². The molecule has 0 unspecified atom stereocenters. The van der Waals surface area contributed by atoms with E-state index in [0.717, 1.165) is 42.6 Å². The molecule has 2 aromatic rings. The summed E-state index contributed by atoms with van der Waals surface area (Å²) in [6.07, 6.45) is 3.13. The van der Waals surface area contributed by atoms with E-state index in [1.807, 2.05) is 22.9 Å². The zero-order valence-electron chi connectivity index (χ0n) is 16.6. The van der Waals surface area contributed by atoms with Crippen LogP contribution >= 0.6 is 0 Å². The second-order valence-electron chi connectivity index (χ2n) is 7.73. The molecule has 4 rings (SSSR count). The molecule has 0 radical (unpaired) electrons. The highest BCUT2D eigenvalue weighted by atomic mass is 32.2. The maximum Gasteiger partial charge on any atom is 0.272 e. The number of carbonyl (C=O) groups excluding carboxylic acids is 1. The van der Waals surface area contributed by atoms with Crippen LogP contribution in [0.3, 0.4) is 0 Å². The lowest BCUT2D eigenvalue weighted by Gasteiger charge is -2.31. The van der Waals surface area contributed by atoms with Gasteiger partial charge >= 0.3 is 0 Å². The molecule has 0 aliphatic carbocycles. The number of sulfonamides is 1. The van der Waals surface area contributed by atoms with E-state index in [2.05, 4.69) is 20.0 Å². The summed E-state index contributed by atoms with van der Waals surface area (Å²) in [6.45, 7) is 4.79. The van der Waals surface area contributed by atoms with E-state index < -0.39 is 10.0 Å². The average Bonchev–Trinajstić information content (AvgIpc) is 3.07. The van der Waals surface area contributed by atoms with Crippen LogP contribution in [-0.4, -0.2) is 74.6 Å². The first-order valence-electron chi connectivity index (χ1n) is 9.98. The molecule has 0 atom stereocenters. The molecule has 158 valence electrons. The quantitative estimate of drug-likeness (QED) is 0.671. The number of nitrogens with zero attached hydrogens (tertiary/aromatic N) is 3. The third-order valence-electron chi connectivity index (χ3n) is 5.56. The topological polar surface area (TPSA) is 106 Å². The number of likely N-dealkylation sites (tertiary alicyclic amines) is 1. The van der Waals surface area contributed by atoms with E-state index in [1.54, 1.807) is 0 Å². The first kappa shape index (κ1) is 20.1. The van der Waals surface area contributed by atoms with Gasteiger partial charge in [-0.25, -0.2) is 13.1 Å². The number of benzene rings is 1. The zero-order chi connectivity index (χ0) is 20.4. The predicted molar refractivity (Wildman–Crippen MR) is 110 cm³/mol. The standard InChI is InChI=1S/C19H27N5O4S/c1-29(26,27)21-7-10-23-8-5-14(6-9-23)13-20-19(25)17-15-3-2-4-16-18(15)24(22-17)11-12-28-16/h2-4,14,21H,5-13H2,1H3,(H,20,25). The van der Waals surface area contributed by atoms with Gasteiger partial charge < -0.3 is 15.0 Å². The number of carbonyl (C=O) groups is 1. The lowest BCUT2D eigenvalue weighted by Crippen LogP contribution is -2.41. The van der Waals surface area contributed by atoms with Crippen LogP contribution < -0.4 is 14.8 Å². The van der Waals surface area contributed by atoms with Crippen LogP contribution in [0.25, 0.3) is 10.9 Å². The van der Waals surface area contributed by atoms with Gasteiger partial charge in [0.15, 0.2) is 5.69 Å². The van der Waals surface area contributed by atoms with Crippen molar-refractivity contribution in [1.82, 2.24) is 24.7 Å². The minimum absolute atomic E-state index is 0.146. The third-order valence-corrected chi connectivity index (χ3v) is 6.29. The number of rotatable bonds is 7. The van der Waals surface area contributed by atoms with Gasteiger partial charge in [0, 0.05) is 25.0 Å². The molecule has 2 aliphatic rings. The molecule has 29 heavy (non-hydrogen) atoms. The van der Waals surface area contributed by atoms with E-state index in [9.17, 15) is 13.2 Å². The Morgan fingerprint density at radius 2 is 2.07 bits per heavy atom. The molecule has 0 bridgehead atoms. The fourth-order valence-electron chi connectivity index (χ4n) is 4.02. The molecule has 0 saturated carbocycles. The number of hydrogen-bond acceptors (Lipinski definition) is 6. The van der Waals surface area contributed by atoms with E-state index in [0.29, 0.717) is 44.4 Å². The Kier molecular flexibility index (Phi) is 5.75. The highest BCUT2D eigenvalue weighted by Crippen LogP contribution is 2.30. The van der Waals surface area contributed by atoms with Crippen molar-refractivity contribution in [2.75, 3.05) is 45.6 Å². The van der Waals surface area contributed by atoms with E-state index >= 15 is 0 Å². The Bertz CT molecular complexity index is 995. The van der Waals surface area contributed by atoms with Crippen LogP contribution in [-0.2, 0) is 16.6 Å². The molecule has 1 fully saturated rings. The number of nitrogens with one attached hydrogen (secondary N) is 2. The summed E-state index contributed by atoms with van der Waals surface area (Å²) in [5, 5.41) is 8.39. The van der Waals surface area contributed by atoms with Crippen molar-refractivity contribution < 1.29 is 17.9 Å². The third kappa shape index (κ3) is 4.71. The Labute approximate surface area is 170 Å². The van der Waals surface area contributed by atoms with Crippen molar-refractivity contribution in [3.05, 3.63) is 23.9 Å². The smallest absolute Gasteiger partial charge is 0.272 e. The molecule has 1 amide bonds. The number of hydrogen-bond donors (Lipinski definition) is 2. The second-order valence-corrected chi connectivity index (χ2v) is 9.57. The number of piperidine rings is 1. The van der Waals surface area contributed by atoms with Gasteiger partial charge in [-0.05, 0) is 37.9 Å². The molecule has 1 saturated heterocycles. The molecule has 1 aromatic heterocycles. The van der Waals surface area contributed by atoms with Gasteiger partial charge in [-0.15, -0.1) is 0 Å². The van der Waals surface area contributed by atoms with Crippen molar-refractivity contribution >= 4 is 26.8 Å². The first-order chi connectivity index (χ1) is 13.9. The molecule has 0 spiro atoms. The fraction of sp³-hybridized carbons (Fsp3) is 0.579. The lowest BCUT2D eigenvalue weighted by atomic mass is 9.96. The van der Waals surface area contributed by atoms with Gasteiger partial charge in [0.2, 0.25) is 10.0 Å². The minimum Gasteiger partial charge on any atom is -0.489 e. The summed E-state index contributed by atoms with van der Waals surface area (Å²) in [5.41, 5.74) is 1.34. The molecule has 10 heteroatoms. The van der Waals surface area contributed by atoms with Gasteiger partial charge in [-0.2, -0.15) is 5.10 Å². The SMILES string of the molecule is CS(=O)(=O)NCCN1CCC(CNC(=O)c2nn3c4c(cccc24)OCC3)CC1. The number of aromatic nitrogens is 2. The minimum atomic E-state index is -3.13. The lowest BCUT2D eigenvalue weighted by molar-refractivity contribution is 0.0932. The van der Waals surface area contributed by atoms with Crippen molar-refractivity contribution in [3.63, 3.8) is 0 Å². The van der Waals surface area contributed by atoms with Gasteiger partial charge in [-0.3, -0.25) is 9.48 Å². The summed E-state index contributed by atoms with van der Waals surface area (Å²) in [4.78, 5) is 15.0. The Morgan fingerprint density at radius 1 is 1.28 bits per heavy atom. The average molecular weight is 422 g/mol. The van der Waals surface area contributed by atoms with Gasteiger partial charge in [0.1, 0.15) is 17.9 Å². The summed E-state index contributed by atoms with van der Waals surface area (Å²) in [6, 6.07) is 5.70. The van der Waals surface area contributed by atoms with Crippen LogP contribution in [0.1, 0.15) is 23.3 Å². The highest BCUT2D eigenvalue weighted by molar-refractivity contribution is 7.88. The molecule has 2 N–H and O–H groups in total. The summed E-state index contributed by atoms with van der Waals surface area (Å²) < 4.78 is 32.3. The molecular weight excluding hydrogens is 394 g/mol. The summed E-state index contributed by atoms with van der Waals surface area (Å²) >= 11 is 0. The van der Waals surface area contributed by atoms with Gasteiger partial charge in [0.25, 0.3) is 5.91 Å². The van der Waals surface area contributed by atoms with Crippen LogP contribution in [0.5, 0.6) is 5.75 Å². The van der Waals surface area contributed by atoms with E-state index in [1.165, 1.54) is 6.26 Å². The molecule has 9 nitrogen and oxygen atoms in total. The predicted octanol–water partition coefficient (Wildman–Crippen LogP) is 0.420. The molecular formula is C19H27N5O4S. The van der Waals surface area contributed by atoms with Crippen molar-refractivity contribution in [3.8, 4) is 5.75 Å². The van der Waals surface area contributed by atoms with Crippen molar-refractivity contribution in [1.29, 1.82) is 0 Å². The van der Waals surface area contributed by atoms with Gasteiger partial charge in [0.05, 0.1) is 12.8 Å². The van der Waals surface area contributed by atoms with Crippen LogP contribution in [0.4, 0.5) is 0 Å². The Hall–Kier alpha value is -2.17. The number of amides is 1. The number of ether oxygens (including phenoxy) is 1. The van der Waals surface area contributed by atoms with Crippen LogP contribution in [0.2, 0.25) is 0 Å². The Balaban J connectivity index is 1.28. The monoisotopic (exact) mass is 421 g/mol. The fourth-order valence-corrected chi connectivity index (χ4v) is 4.48. The van der Waals surface area contributed by atoms with Crippen molar-refractivity contribution in [2.45, 2.75) is 19.4 Å².